The van der Waals surface area contributed by atoms with Crippen LogP contribution in [0.25, 0.3) is 21.3 Å². The minimum atomic E-state index is -0.614. The summed E-state index contributed by atoms with van der Waals surface area (Å²) in [5.41, 5.74) is 1.61. The molecule has 1 aliphatic heterocycles. The molecule has 190 valence electrons. The van der Waals surface area contributed by atoms with Gasteiger partial charge >= 0.3 is 0 Å². The number of nitrogens with zero attached hydrogens (tertiary/aromatic N) is 3. The highest BCUT2D eigenvalue weighted by atomic mass is 32.1. The maximum atomic E-state index is 13.1. The summed E-state index contributed by atoms with van der Waals surface area (Å²) < 4.78 is 16.2. The number of methoxy groups -OCH3 is 1. The Kier molecular flexibility index (Phi) is 9.25. The maximum absolute atomic E-state index is 13.1. The van der Waals surface area contributed by atoms with Crippen LogP contribution in [0.3, 0.4) is 0 Å². The van der Waals surface area contributed by atoms with Gasteiger partial charge in [0.1, 0.15) is 16.4 Å². The molecule has 1 aromatic carbocycles. The molecule has 3 heterocycles. The lowest BCUT2D eigenvalue weighted by Gasteiger charge is -2.30. The number of morpholine rings is 1. The van der Waals surface area contributed by atoms with Crippen LogP contribution >= 0.6 is 11.3 Å². The smallest absolute Gasteiger partial charge is 0.260 e. The van der Waals surface area contributed by atoms with Gasteiger partial charge in [0.25, 0.3) is 5.56 Å². The van der Waals surface area contributed by atoms with Gasteiger partial charge in [0.2, 0.25) is 0 Å². The summed E-state index contributed by atoms with van der Waals surface area (Å²) >= 11 is 1.46. The summed E-state index contributed by atoms with van der Waals surface area (Å²) in [6.45, 7) is 8.51. The van der Waals surface area contributed by atoms with Crippen molar-refractivity contribution in [3.05, 3.63) is 45.8 Å². The van der Waals surface area contributed by atoms with Gasteiger partial charge in [0, 0.05) is 50.3 Å². The Bertz CT molecular complexity index is 1140. The van der Waals surface area contributed by atoms with Crippen LogP contribution in [0.1, 0.15) is 12.7 Å². The summed E-state index contributed by atoms with van der Waals surface area (Å²) in [5.74, 6) is 1.33. The Morgan fingerprint density at radius 3 is 2.94 bits per heavy atom. The molecule has 0 radical (unpaired) electrons. The fourth-order valence-corrected chi connectivity index (χ4v) is 5.20. The van der Waals surface area contributed by atoms with Gasteiger partial charge in [0.05, 0.1) is 45.0 Å². The molecule has 2 N–H and O–H groups in total. The molecule has 0 aliphatic carbocycles. The SMILES string of the molecule is CCOC[C@@H](O)CN(CCN1CCOCC1)Cc1nc2scc(-c3cccc(OC)c3)c2c(=O)[nH]1. The monoisotopic (exact) mass is 502 g/mol. The van der Waals surface area contributed by atoms with E-state index in [1.807, 2.05) is 36.6 Å². The number of fused-ring (bicyclic) bond motifs is 1. The first-order valence-electron chi connectivity index (χ1n) is 12.0. The largest absolute Gasteiger partial charge is 0.497 e. The number of benzene rings is 1. The number of ether oxygens (including phenoxy) is 3. The fourth-order valence-electron chi connectivity index (χ4n) is 4.23. The van der Waals surface area contributed by atoms with Crippen LogP contribution < -0.4 is 10.3 Å². The fraction of sp³-hybridized carbons (Fsp3) is 0.520. The Labute approximate surface area is 209 Å². The Morgan fingerprint density at radius 2 is 2.17 bits per heavy atom. The van der Waals surface area contributed by atoms with Crippen molar-refractivity contribution in [2.45, 2.75) is 19.6 Å². The van der Waals surface area contributed by atoms with E-state index in [2.05, 4.69) is 14.8 Å². The predicted octanol–water partition coefficient (Wildman–Crippen LogP) is 2.19. The third-order valence-corrected chi connectivity index (χ3v) is 6.94. The molecule has 2 aromatic heterocycles. The molecule has 1 aliphatic rings. The number of nitrogens with one attached hydrogen (secondary N) is 1. The van der Waals surface area contributed by atoms with Gasteiger partial charge in [-0.1, -0.05) is 12.1 Å². The highest BCUT2D eigenvalue weighted by molar-refractivity contribution is 7.17. The number of aliphatic hydroxyl groups is 1. The van der Waals surface area contributed by atoms with Crippen LogP contribution in [0.4, 0.5) is 0 Å². The lowest BCUT2D eigenvalue weighted by Crippen LogP contribution is -2.43. The van der Waals surface area contributed by atoms with Gasteiger partial charge < -0.3 is 24.3 Å². The molecule has 4 rings (SSSR count). The molecule has 3 aromatic rings. The number of rotatable bonds is 12. The number of aliphatic hydroxyl groups excluding tert-OH is 1. The van der Waals surface area contributed by atoms with Crippen LogP contribution in [-0.2, 0) is 16.0 Å². The van der Waals surface area contributed by atoms with Crippen LogP contribution in [0.15, 0.2) is 34.4 Å². The summed E-state index contributed by atoms with van der Waals surface area (Å²) in [4.78, 5) is 26.1. The third-order valence-electron chi connectivity index (χ3n) is 6.07. The number of aromatic nitrogens is 2. The van der Waals surface area contributed by atoms with Crippen molar-refractivity contribution in [1.29, 1.82) is 0 Å². The lowest BCUT2D eigenvalue weighted by molar-refractivity contribution is 0.00942. The van der Waals surface area contributed by atoms with Gasteiger partial charge in [-0.25, -0.2) is 4.98 Å². The topological polar surface area (TPSA) is 100 Å². The number of thiophene rings is 1. The number of hydrogen-bond acceptors (Lipinski definition) is 9. The van der Waals surface area contributed by atoms with Gasteiger partial charge in [0.15, 0.2) is 0 Å². The second-order valence-corrected chi connectivity index (χ2v) is 9.43. The standard InChI is InChI=1S/C25H34N4O5S/c1-3-33-16-19(30)14-29(8-7-28-9-11-34-12-10-28)15-22-26-24(31)23-21(17-35-25(23)27-22)18-5-4-6-20(13-18)32-2/h4-6,13,17,19,30H,3,7-12,14-16H2,1-2H3,(H,26,27,31)/t19-/m0/s1. The molecule has 1 fully saturated rings. The van der Waals surface area contributed by atoms with Gasteiger partial charge in [-0.15, -0.1) is 11.3 Å². The molecular weight excluding hydrogens is 468 g/mol. The van der Waals surface area contributed by atoms with Crippen LogP contribution in [-0.4, -0.2) is 97.2 Å². The first kappa shape index (κ1) is 25.7. The number of aromatic amines is 1. The molecule has 9 nitrogen and oxygen atoms in total. The van der Waals surface area contributed by atoms with E-state index < -0.39 is 6.10 Å². The zero-order valence-corrected chi connectivity index (χ0v) is 21.2. The van der Waals surface area contributed by atoms with E-state index in [1.165, 1.54) is 11.3 Å². The lowest BCUT2D eigenvalue weighted by atomic mass is 10.1. The van der Waals surface area contributed by atoms with Gasteiger partial charge in [-0.3, -0.25) is 14.6 Å². The second kappa shape index (κ2) is 12.6. The molecule has 0 bridgehead atoms. The van der Waals surface area contributed by atoms with Crippen molar-refractivity contribution in [3.8, 4) is 16.9 Å². The first-order chi connectivity index (χ1) is 17.1. The quantitative estimate of drug-likeness (QED) is 0.389. The average Bonchev–Trinajstić information content (AvgIpc) is 3.31. The van der Waals surface area contributed by atoms with E-state index in [1.54, 1.807) is 7.11 Å². The predicted molar refractivity (Wildman–Crippen MR) is 137 cm³/mol. The summed E-state index contributed by atoms with van der Waals surface area (Å²) in [6.07, 6.45) is -0.614. The summed E-state index contributed by atoms with van der Waals surface area (Å²) in [5, 5.41) is 13.0. The van der Waals surface area contributed by atoms with Crippen LogP contribution in [0.2, 0.25) is 0 Å². The highest BCUT2D eigenvalue weighted by Gasteiger charge is 2.19. The molecule has 0 amide bonds. The Balaban J connectivity index is 1.53. The number of hydrogen-bond donors (Lipinski definition) is 2. The van der Waals surface area contributed by atoms with Crippen molar-refractivity contribution in [2.24, 2.45) is 0 Å². The van der Waals surface area contributed by atoms with Crippen molar-refractivity contribution in [2.75, 3.05) is 66.3 Å². The molecule has 0 saturated carbocycles. The first-order valence-corrected chi connectivity index (χ1v) is 12.9. The normalized spacial score (nSPS) is 15.7. The summed E-state index contributed by atoms with van der Waals surface area (Å²) in [6, 6.07) is 7.67. The van der Waals surface area contributed by atoms with Gasteiger partial charge in [-0.05, 0) is 24.6 Å². The zero-order chi connectivity index (χ0) is 24.6. The molecule has 1 atom stereocenters. The minimum Gasteiger partial charge on any atom is -0.497 e. The van der Waals surface area contributed by atoms with E-state index in [0.29, 0.717) is 35.7 Å². The molecular formula is C25H34N4O5S. The van der Waals surface area contributed by atoms with Crippen LogP contribution in [0.5, 0.6) is 5.75 Å². The Morgan fingerprint density at radius 1 is 1.34 bits per heavy atom. The van der Waals surface area contributed by atoms with E-state index >= 15 is 0 Å². The number of H-pyrrole nitrogens is 1. The highest BCUT2D eigenvalue weighted by Crippen LogP contribution is 2.32. The zero-order valence-electron chi connectivity index (χ0n) is 20.4. The van der Waals surface area contributed by atoms with E-state index in [4.69, 9.17) is 19.2 Å². The van der Waals surface area contributed by atoms with E-state index in [-0.39, 0.29) is 12.2 Å². The van der Waals surface area contributed by atoms with Crippen molar-refractivity contribution >= 4 is 21.6 Å². The molecule has 0 unspecified atom stereocenters. The van der Waals surface area contributed by atoms with E-state index in [0.717, 1.165) is 56.3 Å². The van der Waals surface area contributed by atoms with Crippen molar-refractivity contribution in [1.82, 2.24) is 19.8 Å². The van der Waals surface area contributed by atoms with Crippen molar-refractivity contribution < 1.29 is 19.3 Å². The van der Waals surface area contributed by atoms with E-state index in [9.17, 15) is 9.90 Å². The molecule has 10 heteroatoms. The molecule has 1 saturated heterocycles. The Hall–Kier alpha value is -2.34. The average molecular weight is 503 g/mol. The second-order valence-electron chi connectivity index (χ2n) is 8.58. The van der Waals surface area contributed by atoms with Gasteiger partial charge in [-0.2, -0.15) is 0 Å². The van der Waals surface area contributed by atoms with Crippen LogP contribution in [0, 0.1) is 0 Å². The molecule has 0 spiro atoms. The third kappa shape index (κ3) is 6.87. The van der Waals surface area contributed by atoms with Crippen molar-refractivity contribution in [3.63, 3.8) is 0 Å². The maximum Gasteiger partial charge on any atom is 0.260 e. The molecule has 35 heavy (non-hydrogen) atoms. The summed E-state index contributed by atoms with van der Waals surface area (Å²) in [7, 11) is 1.63. The minimum absolute atomic E-state index is 0.160.